The number of carbonyl (C=O) groups is 2. The van der Waals surface area contributed by atoms with Gasteiger partial charge in [0.05, 0.1) is 0 Å². The first-order valence-electron chi connectivity index (χ1n) is 8.65. The molecule has 2 atom stereocenters. The van der Waals surface area contributed by atoms with Gasteiger partial charge >= 0.3 is 0 Å². The van der Waals surface area contributed by atoms with E-state index in [0.717, 1.165) is 30.4 Å². The average molecular weight is 321 g/mol. The van der Waals surface area contributed by atoms with Crippen molar-refractivity contribution in [3.63, 3.8) is 0 Å². The Morgan fingerprint density at radius 3 is 1.58 bits per heavy atom. The first-order valence-corrected chi connectivity index (χ1v) is 8.65. The number of nitrogens with one attached hydrogen (secondary N) is 1. The van der Waals surface area contributed by atoms with E-state index in [-0.39, 0.29) is 23.7 Å². The van der Waals surface area contributed by atoms with E-state index in [4.69, 9.17) is 0 Å². The number of ketones is 2. The third kappa shape index (κ3) is 4.39. The van der Waals surface area contributed by atoms with E-state index in [1.807, 2.05) is 60.7 Å². The number of Topliss-reactive ketones (excluding diaryl/α,β-unsaturated/α-hetero) is 2. The predicted octanol–water partition coefficient (Wildman–Crippen LogP) is 4.04. The topological polar surface area (TPSA) is 46.2 Å². The number of hydrogen-bond acceptors (Lipinski definition) is 3. The summed E-state index contributed by atoms with van der Waals surface area (Å²) in [6.07, 6.45) is 4.05. The molecule has 0 radical (unpaired) electrons. The molecule has 24 heavy (non-hydrogen) atoms. The SMILES string of the molecule is O=C(C[C@H]1CCC[C@H](CC(=O)c2ccccc2)N1)c1ccccc1. The van der Waals surface area contributed by atoms with E-state index in [0.29, 0.717) is 12.8 Å². The molecule has 0 bridgehead atoms. The fraction of sp³-hybridized carbons (Fsp3) is 0.333. The highest BCUT2D eigenvalue weighted by atomic mass is 16.1. The summed E-state index contributed by atoms with van der Waals surface area (Å²) >= 11 is 0. The van der Waals surface area contributed by atoms with Gasteiger partial charge < -0.3 is 5.32 Å². The van der Waals surface area contributed by atoms with Crippen LogP contribution < -0.4 is 5.32 Å². The zero-order valence-corrected chi connectivity index (χ0v) is 13.8. The highest BCUT2D eigenvalue weighted by Crippen LogP contribution is 2.20. The maximum absolute atomic E-state index is 12.4. The van der Waals surface area contributed by atoms with E-state index in [1.165, 1.54) is 0 Å². The van der Waals surface area contributed by atoms with E-state index >= 15 is 0 Å². The van der Waals surface area contributed by atoms with E-state index in [9.17, 15) is 9.59 Å². The normalized spacial score (nSPS) is 20.5. The lowest BCUT2D eigenvalue weighted by Gasteiger charge is -2.30. The van der Waals surface area contributed by atoms with Gasteiger partial charge in [-0.25, -0.2) is 0 Å². The van der Waals surface area contributed by atoms with Crippen LogP contribution in [0.5, 0.6) is 0 Å². The van der Waals surface area contributed by atoms with Crippen LogP contribution in [0.1, 0.15) is 52.8 Å². The van der Waals surface area contributed by atoms with Crippen molar-refractivity contribution in [1.82, 2.24) is 5.32 Å². The second kappa shape index (κ2) is 8.02. The summed E-state index contributed by atoms with van der Waals surface area (Å²) in [5.41, 5.74) is 1.53. The molecule has 1 aliphatic heterocycles. The monoisotopic (exact) mass is 321 g/mol. The van der Waals surface area contributed by atoms with Gasteiger partial charge in [-0.3, -0.25) is 9.59 Å². The Balaban J connectivity index is 1.55. The van der Waals surface area contributed by atoms with E-state index < -0.39 is 0 Å². The van der Waals surface area contributed by atoms with Gasteiger partial charge in [-0.1, -0.05) is 67.1 Å². The second-order valence-corrected chi connectivity index (χ2v) is 6.48. The molecule has 1 aliphatic rings. The molecule has 0 saturated carbocycles. The molecule has 0 spiro atoms. The van der Waals surface area contributed by atoms with Crippen LogP contribution in [0.3, 0.4) is 0 Å². The van der Waals surface area contributed by atoms with Crippen LogP contribution in [0.25, 0.3) is 0 Å². The van der Waals surface area contributed by atoms with Gasteiger partial charge in [-0.15, -0.1) is 0 Å². The maximum Gasteiger partial charge on any atom is 0.164 e. The van der Waals surface area contributed by atoms with Gasteiger partial charge in [0.2, 0.25) is 0 Å². The van der Waals surface area contributed by atoms with Crippen molar-refractivity contribution in [3.8, 4) is 0 Å². The molecule has 3 rings (SSSR count). The van der Waals surface area contributed by atoms with Crippen LogP contribution in [0.2, 0.25) is 0 Å². The smallest absolute Gasteiger partial charge is 0.164 e. The van der Waals surface area contributed by atoms with Crippen molar-refractivity contribution < 1.29 is 9.59 Å². The van der Waals surface area contributed by atoms with Crippen LogP contribution in [0.4, 0.5) is 0 Å². The van der Waals surface area contributed by atoms with Crippen molar-refractivity contribution in [2.24, 2.45) is 0 Å². The Labute approximate surface area is 143 Å². The second-order valence-electron chi connectivity index (χ2n) is 6.48. The minimum Gasteiger partial charge on any atom is -0.310 e. The van der Waals surface area contributed by atoms with Gasteiger partial charge in [0.15, 0.2) is 11.6 Å². The standard InChI is InChI=1S/C21H23NO2/c23-20(16-8-3-1-4-9-16)14-18-12-7-13-19(22-18)15-21(24)17-10-5-2-6-11-17/h1-6,8-11,18-19,22H,7,12-15H2/t18-,19-/m1/s1. The fourth-order valence-corrected chi connectivity index (χ4v) is 3.36. The molecule has 1 heterocycles. The minimum absolute atomic E-state index is 0.167. The molecule has 0 aliphatic carbocycles. The van der Waals surface area contributed by atoms with Crippen molar-refractivity contribution in [1.29, 1.82) is 0 Å². The number of piperidine rings is 1. The van der Waals surface area contributed by atoms with Crippen LogP contribution in [0, 0.1) is 0 Å². The Kier molecular flexibility index (Phi) is 5.55. The molecule has 3 nitrogen and oxygen atoms in total. The summed E-state index contributed by atoms with van der Waals surface area (Å²) in [5.74, 6) is 0.339. The van der Waals surface area contributed by atoms with Crippen molar-refractivity contribution >= 4 is 11.6 Å². The lowest BCUT2D eigenvalue weighted by atomic mass is 9.90. The van der Waals surface area contributed by atoms with Gasteiger partial charge in [0, 0.05) is 36.1 Å². The average Bonchev–Trinajstić information content (AvgIpc) is 2.63. The number of hydrogen-bond donors (Lipinski definition) is 1. The van der Waals surface area contributed by atoms with Gasteiger partial charge in [-0.2, -0.15) is 0 Å². The summed E-state index contributed by atoms with van der Waals surface area (Å²) in [7, 11) is 0. The van der Waals surface area contributed by atoms with Gasteiger partial charge in [-0.05, 0) is 12.8 Å². The largest absolute Gasteiger partial charge is 0.310 e. The Hall–Kier alpha value is -2.26. The fourth-order valence-electron chi connectivity index (χ4n) is 3.36. The predicted molar refractivity (Wildman–Crippen MR) is 95.3 cm³/mol. The summed E-state index contributed by atoms with van der Waals surface area (Å²) in [5, 5.41) is 3.51. The Morgan fingerprint density at radius 2 is 1.17 bits per heavy atom. The van der Waals surface area contributed by atoms with E-state index in [2.05, 4.69) is 5.32 Å². The molecular weight excluding hydrogens is 298 g/mol. The molecule has 2 aromatic rings. The Bertz CT molecular complexity index is 622. The summed E-state index contributed by atoms with van der Waals surface area (Å²) in [6, 6.07) is 19.2. The van der Waals surface area contributed by atoms with Crippen molar-refractivity contribution in [3.05, 3.63) is 71.8 Å². The minimum atomic E-state index is 0.167. The van der Waals surface area contributed by atoms with E-state index in [1.54, 1.807) is 0 Å². The molecule has 0 unspecified atom stereocenters. The highest BCUT2D eigenvalue weighted by Gasteiger charge is 2.25. The lowest BCUT2D eigenvalue weighted by molar-refractivity contribution is 0.0941. The number of benzene rings is 2. The van der Waals surface area contributed by atoms with Crippen LogP contribution in [-0.4, -0.2) is 23.7 Å². The van der Waals surface area contributed by atoms with Crippen LogP contribution in [-0.2, 0) is 0 Å². The maximum atomic E-state index is 12.4. The molecule has 1 saturated heterocycles. The van der Waals surface area contributed by atoms with Gasteiger partial charge in [0.25, 0.3) is 0 Å². The number of rotatable bonds is 6. The van der Waals surface area contributed by atoms with Crippen molar-refractivity contribution in [2.45, 2.75) is 44.2 Å². The molecular formula is C21H23NO2. The Morgan fingerprint density at radius 1 is 0.750 bits per heavy atom. The summed E-state index contributed by atoms with van der Waals surface area (Å²) in [4.78, 5) is 24.7. The summed E-state index contributed by atoms with van der Waals surface area (Å²) in [6.45, 7) is 0. The molecule has 124 valence electrons. The zero-order chi connectivity index (χ0) is 16.8. The number of carbonyl (C=O) groups excluding carboxylic acids is 2. The third-order valence-electron chi connectivity index (χ3n) is 4.63. The summed E-state index contributed by atoms with van der Waals surface area (Å²) < 4.78 is 0. The lowest BCUT2D eigenvalue weighted by Crippen LogP contribution is -2.44. The zero-order valence-electron chi connectivity index (χ0n) is 13.8. The van der Waals surface area contributed by atoms with Crippen LogP contribution >= 0.6 is 0 Å². The molecule has 1 N–H and O–H groups in total. The molecule has 0 amide bonds. The first-order chi connectivity index (χ1) is 11.7. The van der Waals surface area contributed by atoms with Gasteiger partial charge in [0.1, 0.15) is 0 Å². The molecule has 1 fully saturated rings. The highest BCUT2D eigenvalue weighted by molar-refractivity contribution is 5.97. The quantitative estimate of drug-likeness (QED) is 0.817. The van der Waals surface area contributed by atoms with Crippen LogP contribution in [0.15, 0.2) is 60.7 Å². The molecule has 3 heteroatoms. The third-order valence-corrected chi connectivity index (χ3v) is 4.63. The molecule has 0 aromatic heterocycles. The van der Waals surface area contributed by atoms with Crippen molar-refractivity contribution in [2.75, 3.05) is 0 Å². The molecule has 2 aromatic carbocycles. The first kappa shape index (κ1) is 16.6.